The van der Waals surface area contributed by atoms with E-state index in [0.717, 1.165) is 0 Å². The molecule has 3 rings (SSSR count). The van der Waals surface area contributed by atoms with Gasteiger partial charge in [0.15, 0.2) is 0 Å². The minimum atomic E-state index is -3.65. The summed E-state index contributed by atoms with van der Waals surface area (Å²) in [6.07, 6.45) is 3.40. The van der Waals surface area contributed by atoms with E-state index in [0.29, 0.717) is 28.5 Å². The molecule has 3 aromatic rings. The summed E-state index contributed by atoms with van der Waals surface area (Å²) in [5.41, 5.74) is 1.37. The van der Waals surface area contributed by atoms with Crippen LogP contribution < -0.4 is 14.2 Å². The first-order valence-electron chi connectivity index (χ1n) is 8.66. The summed E-state index contributed by atoms with van der Waals surface area (Å²) in [4.78, 5) is 4.35. The van der Waals surface area contributed by atoms with Gasteiger partial charge in [-0.1, -0.05) is 30.3 Å². The number of methoxy groups -OCH3 is 2. The Balaban J connectivity index is 2.00. The fourth-order valence-electron chi connectivity index (χ4n) is 2.94. The molecular weight excluding hydrogens is 378 g/mol. The molecule has 8 heteroatoms. The van der Waals surface area contributed by atoms with Crippen LogP contribution in [0, 0.1) is 0 Å². The summed E-state index contributed by atoms with van der Waals surface area (Å²) in [7, 11) is 1.27. The Labute approximate surface area is 165 Å². The molecule has 1 heterocycles. The van der Waals surface area contributed by atoms with Crippen LogP contribution in [0.3, 0.4) is 0 Å². The van der Waals surface area contributed by atoms with Gasteiger partial charge in [-0.05, 0) is 23.3 Å². The van der Waals surface area contributed by atoms with Gasteiger partial charge >= 0.3 is 0 Å². The van der Waals surface area contributed by atoms with Crippen LogP contribution in [0.15, 0.2) is 60.9 Å². The van der Waals surface area contributed by atoms with Crippen molar-refractivity contribution in [3.05, 3.63) is 77.9 Å². The second-order valence-corrected chi connectivity index (χ2v) is 8.09. The van der Waals surface area contributed by atoms with Crippen LogP contribution in [0.4, 0.5) is 0 Å². The smallest absolute Gasteiger partial charge is 0.216 e. The Kier molecular flexibility index (Phi) is 6.01. The molecule has 148 valence electrons. The number of hydrogen-bond acceptors (Lipinski definition) is 5. The Morgan fingerprint density at radius 3 is 2.25 bits per heavy atom. The summed E-state index contributed by atoms with van der Waals surface area (Å²) in [6.45, 7) is 0. The maximum atomic E-state index is 12.9. The van der Waals surface area contributed by atoms with E-state index in [1.165, 1.54) is 0 Å². The van der Waals surface area contributed by atoms with Gasteiger partial charge in [0, 0.05) is 25.5 Å². The second-order valence-electron chi connectivity index (χ2n) is 6.34. The molecule has 0 saturated heterocycles. The van der Waals surface area contributed by atoms with Gasteiger partial charge in [-0.25, -0.2) is 13.4 Å². The highest BCUT2D eigenvalue weighted by molar-refractivity contribution is 7.88. The average Bonchev–Trinajstić information content (AvgIpc) is 3.11. The van der Waals surface area contributed by atoms with Crippen molar-refractivity contribution in [2.45, 2.75) is 11.8 Å². The number of hydrogen-bond donors (Lipinski definition) is 1. The standard InChI is InChI=1S/C20H23N3O4S/c1-23-10-9-21-20(23)19(16-11-17(26-2)13-18(12-16)27-3)22-28(24,25)14-15-7-5-4-6-8-15/h4-13,19,22H,14H2,1-3H3. The molecular formula is C20H23N3O4S. The van der Waals surface area contributed by atoms with E-state index in [4.69, 9.17) is 9.47 Å². The lowest BCUT2D eigenvalue weighted by atomic mass is 10.1. The van der Waals surface area contributed by atoms with Crippen molar-refractivity contribution in [2.75, 3.05) is 14.2 Å². The van der Waals surface area contributed by atoms with Crippen LogP contribution in [0.1, 0.15) is 23.0 Å². The number of ether oxygens (including phenoxy) is 2. The fourth-order valence-corrected chi connectivity index (χ4v) is 4.25. The van der Waals surface area contributed by atoms with Crippen LogP contribution >= 0.6 is 0 Å². The van der Waals surface area contributed by atoms with Gasteiger partial charge < -0.3 is 14.0 Å². The van der Waals surface area contributed by atoms with Crippen LogP contribution in [0.2, 0.25) is 0 Å². The molecule has 1 atom stereocenters. The molecule has 28 heavy (non-hydrogen) atoms. The number of rotatable bonds is 8. The van der Waals surface area contributed by atoms with E-state index >= 15 is 0 Å². The van der Waals surface area contributed by atoms with Crippen LogP contribution in [0.25, 0.3) is 0 Å². The van der Waals surface area contributed by atoms with E-state index in [9.17, 15) is 8.42 Å². The zero-order valence-corrected chi connectivity index (χ0v) is 16.8. The Hall–Kier alpha value is -2.84. The lowest BCUT2D eigenvalue weighted by molar-refractivity contribution is 0.392. The summed E-state index contributed by atoms with van der Waals surface area (Å²) in [5.74, 6) is 1.56. The number of aromatic nitrogens is 2. The molecule has 0 aliphatic carbocycles. The first-order valence-corrected chi connectivity index (χ1v) is 10.3. The van der Waals surface area contributed by atoms with Gasteiger partial charge in [-0.3, -0.25) is 0 Å². The van der Waals surface area contributed by atoms with E-state index in [1.807, 2.05) is 25.2 Å². The number of benzene rings is 2. The maximum absolute atomic E-state index is 12.9. The van der Waals surface area contributed by atoms with Crippen molar-refractivity contribution in [3.63, 3.8) is 0 Å². The highest BCUT2D eigenvalue weighted by Gasteiger charge is 2.25. The number of imidazole rings is 1. The van der Waals surface area contributed by atoms with Crippen molar-refractivity contribution in [3.8, 4) is 11.5 Å². The Morgan fingerprint density at radius 1 is 1.07 bits per heavy atom. The van der Waals surface area contributed by atoms with Crippen LogP contribution in [0.5, 0.6) is 11.5 Å². The van der Waals surface area contributed by atoms with Crippen molar-refractivity contribution < 1.29 is 17.9 Å². The van der Waals surface area contributed by atoms with Gasteiger partial charge in [0.05, 0.1) is 20.0 Å². The SMILES string of the molecule is COc1cc(OC)cc(C(NS(=O)(=O)Cc2ccccc2)c2nccn2C)c1. The van der Waals surface area contributed by atoms with E-state index in [-0.39, 0.29) is 5.75 Å². The third kappa shape index (κ3) is 4.71. The van der Waals surface area contributed by atoms with Crippen molar-refractivity contribution in [1.29, 1.82) is 0 Å². The highest BCUT2D eigenvalue weighted by Crippen LogP contribution is 2.30. The lowest BCUT2D eigenvalue weighted by Crippen LogP contribution is -2.32. The molecule has 1 aromatic heterocycles. The third-order valence-electron chi connectivity index (χ3n) is 4.32. The summed E-state index contributed by atoms with van der Waals surface area (Å²) >= 11 is 0. The van der Waals surface area contributed by atoms with E-state index < -0.39 is 16.1 Å². The summed E-state index contributed by atoms with van der Waals surface area (Å²) < 4.78 is 41.0. The molecule has 0 amide bonds. The molecule has 0 aliphatic heterocycles. The summed E-state index contributed by atoms with van der Waals surface area (Å²) in [5, 5.41) is 0. The van der Waals surface area contributed by atoms with Gasteiger partial charge in [-0.2, -0.15) is 4.72 Å². The largest absolute Gasteiger partial charge is 0.497 e. The second kappa shape index (κ2) is 8.45. The molecule has 0 aliphatic rings. The predicted octanol–water partition coefficient (Wildman–Crippen LogP) is 2.65. The van der Waals surface area contributed by atoms with Gasteiger partial charge in [0.2, 0.25) is 10.0 Å². The summed E-state index contributed by atoms with van der Waals surface area (Å²) in [6, 6.07) is 13.6. The van der Waals surface area contributed by atoms with Crippen molar-refractivity contribution in [1.82, 2.24) is 14.3 Å². The predicted molar refractivity (Wildman–Crippen MR) is 107 cm³/mol. The number of aryl methyl sites for hydroxylation is 1. The van der Waals surface area contributed by atoms with Crippen LogP contribution in [-0.2, 0) is 22.8 Å². The number of nitrogens with zero attached hydrogens (tertiary/aromatic N) is 2. The number of sulfonamides is 1. The minimum Gasteiger partial charge on any atom is -0.497 e. The van der Waals surface area contributed by atoms with Crippen molar-refractivity contribution >= 4 is 10.0 Å². The molecule has 0 saturated carbocycles. The van der Waals surface area contributed by atoms with Gasteiger partial charge in [0.1, 0.15) is 23.4 Å². The van der Waals surface area contributed by atoms with E-state index in [2.05, 4.69) is 9.71 Å². The van der Waals surface area contributed by atoms with Crippen molar-refractivity contribution in [2.24, 2.45) is 7.05 Å². The first-order chi connectivity index (χ1) is 13.4. The zero-order chi connectivity index (χ0) is 20.1. The molecule has 0 bridgehead atoms. The van der Waals surface area contributed by atoms with E-state index in [1.54, 1.807) is 61.5 Å². The fraction of sp³-hybridized carbons (Fsp3) is 0.250. The first kappa shape index (κ1) is 19.9. The maximum Gasteiger partial charge on any atom is 0.216 e. The van der Waals surface area contributed by atoms with Crippen LogP contribution in [-0.4, -0.2) is 32.2 Å². The zero-order valence-electron chi connectivity index (χ0n) is 16.0. The normalized spacial score (nSPS) is 12.5. The minimum absolute atomic E-state index is 0.129. The lowest BCUT2D eigenvalue weighted by Gasteiger charge is -2.20. The number of nitrogens with one attached hydrogen (secondary N) is 1. The Morgan fingerprint density at radius 2 is 1.71 bits per heavy atom. The van der Waals surface area contributed by atoms with Gasteiger partial charge in [0.25, 0.3) is 0 Å². The molecule has 0 radical (unpaired) electrons. The Bertz CT molecular complexity index is 1010. The average molecular weight is 401 g/mol. The quantitative estimate of drug-likeness (QED) is 0.627. The monoisotopic (exact) mass is 401 g/mol. The highest BCUT2D eigenvalue weighted by atomic mass is 32.2. The third-order valence-corrected chi connectivity index (χ3v) is 5.63. The molecule has 1 unspecified atom stereocenters. The molecule has 2 aromatic carbocycles. The molecule has 1 N–H and O–H groups in total. The molecule has 0 fully saturated rings. The van der Waals surface area contributed by atoms with Gasteiger partial charge in [-0.15, -0.1) is 0 Å². The molecule has 0 spiro atoms. The molecule has 7 nitrogen and oxygen atoms in total. The topological polar surface area (TPSA) is 82.4 Å².